The first-order valence-corrected chi connectivity index (χ1v) is 8.02. The van der Waals surface area contributed by atoms with Crippen LogP contribution in [0.2, 0.25) is 0 Å². The lowest BCUT2D eigenvalue weighted by Gasteiger charge is -2.26. The first-order valence-electron chi connectivity index (χ1n) is 8.02. The number of amides is 2. The van der Waals surface area contributed by atoms with Gasteiger partial charge in [0.1, 0.15) is 0 Å². The van der Waals surface area contributed by atoms with Gasteiger partial charge in [0.05, 0.1) is 0 Å². The van der Waals surface area contributed by atoms with Gasteiger partial charge in [0.2, 0.25) is 5.91 Å². The molecule has 23 heavy (non-hydrogen) atoms. The molecule has 1 aliphatic carbocycles. The van der Waals surface area contributed by atoms with Gasteiger partial charge in [0.25, 0.3) is 5.91 Å². The Balaban J connectivity index is 0.00000192. The van der Waals surface area contributed by atoms with Crippen LogP contribution in [0.1, 0.15) is 48.5 Å². The number of fused-ring (bicyclic) bond motifs is 1. The zero-order valence-corrected chi connectivity index (χ0v) is 14.2. The fourth-order valence-electron chi connectivity index (χ4n) is 3.40. The van der Waals surface area contributed by atoms with E-state index in [0.717, 1.165) is 43.4 Å². The highest BCUT2D eigenvalue weighted by molar-refractivity contribution is 5.98. The molecule has 0 saturated heterocycles. The maximum Gasteiger partial charge on any atom is 0.251 e. The zero-order chi connectivity index (χ0) is 15.7. The van der Waals surface area contributed by atoms with Gasteiger partial charge in [-0.1, -0.05) is 0 Å². The molecule has 0 bridgehead atoms. The highest BCUT2D eigenvalue weighted by Crippen LogP contribution is 2.29. The summed E-state index contributed by atoms with van der Waals surface area (Å²) in [5.41, 5.74) is 8.59. The van der Waals surface area contributed by atoms with E-state index in [0.29, 0.717) is 12.1 Å². The Morgan fingerprint density at radius 2 is 1.91 bits per heavy atom. The van der Waals surface area contributed by atoms with Gasteiger partial charge in [-0.25, -0.2) is 0 Å². The van der Waals surface area contributed by atoms with Crippen LogP contribution >= 0.6 is 12.4 Å². The third-order valence-corrected chi connectivity index (χ3v) is 4.72. The van der Waals surface area contributed by atoms with Crippen molar-refractivity contribution < 1.29 is 9.59 Å². The van der Waals surface area contributed by atoms with Crippen molar-refractivity contribution >= 4 is 29.9 Å². The van der Waals surface area contributed by atoms with Crippen LogP contribution < -0.4 is 16.0 Å². The largest absolute Gasteiger partial charge is 0.349 e. The SMILES string of the molecule is CC(=O)N1CCc2cc(C(=O)NC3CCC(N)CC3)ccc21.Cl. The zero-order valence-electron chi connectivity index (χ0n) is 13.4. The lowest BCUT2D eigenvalue weighted by atomic mass is 9.91. The summed E-state index contributed by atoms with van der Waals surface area (Å²) in [4.78, 5) is 25.7. The summed E-state index contributed by atoms with van der Waals surface area (Å²) in [5, 5.41) is 3.11. The van der Waals surface area contributed by atoms with Crippen LogP contribution in [0.15, 0.2) is 18.2 Å². The molecule has 2 aliphatic rings. The summed E-state index contributed by atoms with van der Waals surface area (Å²) in [6, 6.07) is 6.13. The topological polar surface area (TPSA) is 75.4 Å². The molecule has 126 valence electrons. The number of anilines is 1. The van der Waals surface area contributed by atoms with Gasteiger partial charge in [-0.2, -0.15) is 0 Å². The Kier molecular flexibility index (Phi) is 5.65. The molecular weight excluding hydrogens is 314 g/mol. The fraction of sp³-hybridized carbons (Fsp3) is 0.529. The van der Waals surface area contributed by atoms with Crippen LogP contribution in [0.25, 0.3) is 0 Å². The molecular formula is C17H24ClN3O2. The van der Waals surface area contributed by atoms with Crippen LogP contribution in [0.3, 0.4) is 0 Å². The number of nitrogens with one attached hydrogen (secondary N) is 1. The summed E-state index contributed by atoms with van der Waals surface area (Å²) >= 11 is 0. The van der Waals surface area contributed by atoms with E-state index < -0.39 is 0 Å². The van der Waals surface area contributed by atoms with Gasteiger partial charge >= 0.3 is 0 Å². The molecule has 0 atom stereocenters. The van der Waals surface area contributed by atoms with Crippen molar-refractivity contribution in [3.63, 3.8) is 0 Å². The highest BCUT2D eigenvalue weighted by atomic mass is 35.5. The standard InChI is InChI=1S/C17H23N3O2.ClH/c1-11(21)20-9-8-12-10-13(2-7-16(12)20)17(22)19-15-5-3-14(18)4-6-15;/h2,7,10,14-15H,3-6,8-9,18H2,1H3,(H,19,22);1H. The smallest absolute Gasteiger partial charge is 0.251 e. The van der Waals surface area contributed by atoms with E-state index in [1.165, 1.54) is 0 Å². The number of carbonyl (C=O) groups excluding carboxylic acids is 2. The van der Waals surface area contributed by atoms with Crippen molar-refractivity contribution in [1.82, 2.24) is 5.32 Å². The molecule has 0 unspecified atom stereocenters. The lowest BCUT2D eigenvalue weighted by Crippen LogP contribution is -2.40. The Morgan fingerprint density at radius 1 is 1.22 bits per heavy atom. The second-order valence-corrected chi connectivity index (χ2v) is 6.35. The number of nitrogens with two attached hydrogens (primary N) is 1. The molecule has 5 nitrogen and oxygen atoms in total. The Morgan fingerprint density at radius 3 is 2.57 bits per heavy atom. The van der Waals surface area contributed by atoms with Gasteiger partial charge < -0.3 is 16.0 Å². The van der Waals surface area contributed by atoms with E-state index >= 15 is 0 Å². The maximum absolute atomic E-state index is 12.4. The van der Waals surface area contributed by atoms with Gasteiger partial charge in [0.15, 0.2) is 0 Å². The molecule has 1 aromatic carbocycles. The fourth-order valence-corrected chi connectivity index (χ4v) is 3.40. The number of halogens is 1. The van der Waals surface area contributed by atoms with Crippen molar-refractivity contribution in [2.75, 3.05) is 11.4 Å². The molecule has 6 heteroatoms. The number of nitrogens with zero attached hydrogens (tertiary/aromatic N) is 1. The summed E-state index contributed by atoms with van der Waals surface area (Å²) < 4.78 is 0. The molecule has 3 rings (SSSR count). The highest BCUT2D eigenvalue weighted by Gasteiger charge is 2.24. The van der Waals surface area contributed by atoms with Crippen LogP contribution in [0, 0.1) is 0 Å². The van der Waals surface area contributed by atoms with E-state index in [9.17, 15) is 9.59 Å². The molecule has 0 radical (unpaired) electrons. The first-order chi connectivity index (χ1) is 10.5. The van der Waals surface area contributed by atoms with E-state index in [1.54, 1.807) is 11.8 Å². The van der Waals surface area contributed by atoms with Crippen LogP contribution in [0.4, 0.5) is 5.69 Å². The van der Waals surface area contributed by atoms with E-state index in [-0.39, 0.29) is 36.3 Å². The molecule has 0 aromatic heterocycles. The van der Waals surface area contributed by atoms with Gasteiger partial charge in [-0.05, 0) is 55.9 Å². The Bertz CT molecular complexity index is 598. The Labute approximate surface area is 143 Å². The van der Waals surface area contributed by atoms with Crippen molar-refractivity contribution in [2.24, 2.45) is 5.73 Å². The molecule has 0 spiro atoms. The van der Waals surface area contributed by atoms with Crippen molar-refractivity contribution in [3.05, 3.63) is 29.3 Å². The molecule has 1 heterocycles. The van der Waals surface area contributed by atoms with E-state index in [1.807, 2.05) is 18.2 Å². The van der Waals surface area contributed by atoms with Crippen LogP contribution in [-0.2, 0) is 11.2 Å². The number of hydrogen-bond acceptors (Lipinski definition) is 3. The molecule has 2 amide bonds. The number of benzene rings is 1. The third-order valence-electron chi connectivity index (χ3n) is 4.72. The normalized spacial score (nSPS) is 23.0. The number of rotatable bonds is 2. The van der Waals surface area contributed by atoms with E-state index in [2.05, 4.69) is 5.32 Å². The third kappa shape index (κ3) is 3.85. The number of carbonyl (C=O) groups is 2. The van der Waals surface area contributed by atoms with Crippen molar-refractivity contribution in [2.45, 2.75) is 51.1 Å². The first kappa shape index (κ1) is 17.8. The second kappa shape index (κ2) is 7.32. The van der Waals surface area contributed by atoms with Crippen molar-refractivity contribution in [1.29, 1.82) is 0 Å². The summed E-state index contributed by atoms with van der Waals surface area (Å²) in [7, 11) is 0. The predicted octanol–water partition coefficient (Wildman–Crippen LogP) is 2.02. The molecule has 1 saturated carbocycles. The van der Waals surface area contributed by atoms with Crippen LogP contribution in [-0.4, -0.2) is 30.4 Å². The minimum absolute atomic E-state index is 0. The molecule has 1 fully saturated rings. The Hall–Kier alpha value is -1.59. The van der Waals surface area contributed by atoms with Crippen LogP contribution in [0.5, 0.6) is 0 Å². The maximum atomic E-state index is 12.4. The van der Waals surface area contributed by atoms with Gasteiger partial charge in [-0.15, -0.1) is 12.4 Å². The molecule has 3 N–H and O–H groups in total. The van der Waals surface area contributed by atoms with Gasteiger partial charge in [-0.3, -0.25) is 9.59 Å². The molecule has 1 aromatic rings. The van der Waals surface area contributed by atoms with Gasteiger partial charge in [0, 0.05) is 36.8 Å². The average molecular weight is 338 g/mol. The quantitative estimate of drug-likeness (QED) is 0.867. The second-order valence-electron chi connectivity index (χ2n) is 6.35. The summed E-state index contributed by atoms with van der Waals surface area (Å²) in [5.74, 6) is 0.0269. The molecule has 1 aliphatic heterocycles. The predicted molar refractivity (Wildman–Crippen MR) is 93.1 cm³/mol. The lowest BCUT2D eigenvalue weighted by molar-refractivity contribution is -0.116. The van der Waals surface area contributed by atoms with E-state index in [4.69, 9.17) is 5.73 Å². The monoisotopic (exact) mass is 337 g/mol. The summed E-state index contributed by atoms with van der Waals surface area (Å²) in [6.07, 6.45) is 4.67. The van der Waals surface area contributed by atoms with Crippen molar-refractivity contribution in [3.8, 4) is 0 Å². The number of hydrogen-bond donors (Lipinski definition) is 2. The minimum Gasteiger partial charge on any atom is -0.349 e. The summed E-state index contributed by atoms with van der Waals surface area (Å²) in [6.45, 7) is 2.28. The minimum atomic E-state index is -0.0236. The average Bonchev–Trinajstić information content (AvgIpc) is 2.92.